The molecule has 0 radical (unpaired) electrons. The number of hydrogen-bond acceptors (Lipinski definition) is 6. The zero-order valence-corrected chi connectivity index (χ0v) is 14.3. The van der Waals surface area contributed by atoms with Gasteiger partial charge in [-0.25, -0.2) is 9.37 Å². The number of fused-ring (bicyclic) bond motifs is 1. The standard InChI is InChI=1S/C18H13FN4O2S/c19-12-5-3-11(4-6-12)14-8-23-10-20-16(13(23)9-24-14)18-21-17(22-25-18)15-2-1-7-26-15/h1-7,10,14H,8-9H2/t14-/m0/s1. The molecule has 0 aliphatic carbocycles. The third-order valence-electron chi connectivity index (χ3n) is 4.34. The normalized spacial score (nSPS) is 16.6. The third kappa shape index (κ3) is 2.63. The molecule has 8 heteroatoms. The molecule has 4 heterocycles. The molecule has 1 atom stereocenters. The Morgan fingerprint density at radius 2 is 2.08 bits per heavy atom. The minimum Gasteiger partial charge on any atom is -0.365 e. The Bertz CT molecular complexity index is 1040. The second-order valence-electron chi connectivity index (χ2n) is 5.94. The summed E-state index contributed by atoms with van der Waals surface area (Å²) in [5.41, 5.74) is 2.47. The summed E-state index contributed by atoms with van der Waals surface area (Å²) >= 11 is 1.55. The number of hydrogen-bond donors (Lipinski definition) is 0. The van der Waals surface area contributed by atoms with Crippen LogP contribution in [0.2, 0.25) is 0 Å². The fraction of sp³-hybridized carbons (Fsp3) is 0.167. The quantitative estimate of drug-likeness (QED) is 0.545. The predicted molar refractivity (Wildman–Crippen MR) is 92.8 cm³/mol. The van der Waals surface area contributed by atoms with Crippen LogP contribution in [-0.4, -0.2) is 19.7 Å². The summed E-state index contributed by atoms with van der Waals surface area (Å²) < 4.78 is 26.5. The lowest BCUT2D eigenvalue weighted by Crippen LogP contribution is -2.20. The van der Waals surface area contributed by atoms with E-state index in [4.69, 9.17) is 9.26 Å². The molecule has 1 aromatic carbocycles. The van der Waals surface area contributed by atoms with E-state index in [2.05, 4.69) is 15.1 Å². The lowest BCUT2D eigenvalue weighted by Gasteiger charge is -2.25. The monoisotopic (exact) mass is 368 g/mol. The highest BCUT2D eigenvalue weighted by atomic mass is 32.1. The second kappa shape index (κ2) is 6.15. The van der Waals surface area contributed by atoms with Gasteiger partial charge in [-0.3, -0.25) is 0 Å². The van der Waals surface area contributed by atoms with Gasteiger partial charge in [0.25, 0.3) is 5.89 Å². The molecule has 0 saturated heterocycles. The first-order chi connectivity index (χ1) is 12.8. The van der Waals surface area contributed by atoms with Gasteiger partial charge >= 0.3 is 0 Å². The average Bonchev–Trinajstić information content (AvgIpc) is 3.41. The van der Waals surface area contributed by atoms with Gasteiger partial charge in [0.15, 0.2) is 5.69 Å². The molecule has 5 rings (SSSR count). The van der Waals surface area contributed by atoms with Crippen LogP contribution in [0.5, 0.6) is 0 Å². The van der Waals surface area contributed by atoms with Gasteiger partial charge in [-0.15, -0.1) is 11.3 Å². The van der Waals surface area contributed by atoms with Crippen molar-refractivity contribution < 1.29 is 13.7 Å². The Labute approximate surface area is 151 Å². The lowest BCUT2D eigenvalue weighted by molar-refractivity contribution is 0.00327. The first-order valence-corrected chi connectivity index (χ1v) is 8.95. The molecule has 0 saturated carbocycles. The highest BCUT2D eigenvalue weighted by molar-refractivity contribution is 7.13. The first kappa shape index (κ1) is 15.4. The number of ether oxygens (including phenoxy) is 1. The van der Waals surface area contributed by atoms with Crippen molar-refractivity contribution in [2.24, 2.45) is 0 Å². The predicted octanol–water partition coefficient (Wildman–Crippen LogP) is 4.07. The molecule has 6 nitrogen and oxygen atoms in total. The van der Waals surface area contributed by atoms with Crippen molar-refractivity contribution in [3.63, 3.8) is 0 Å². The van der Waals surface area contributed by atoms with Crippen molar-refractivity contribution in [2.75, 3.05) is 0 Å². The molecule has 1 aliphatic rings. The summed E-state index contributed by atoms with van der Waals surface area (Å²) in [6, 6.07) is 10.3. The maximum Gasteiger partial charge on any atom is 0.278 e. The zero-order valence-electron chi connectivity index (χ0n) is 13.5. The molecule has 130 valence electrons. The fourth-order valence-corrected chi connectivity index (χ4v) is 3.66. The Hall–Kier alpha value is -2.84. The number of rotatable bonds is 3. The maximum atomic E-state index is 13.1. The van der Waals surface area contributed by atoms with Gasteiger partial charge in [0.2, 0.25) is 5.82 Å². The maximum absolute atomic E-state index is 13.1. The lowest BCUT2D eigenvalue weighted by atomic mass is 10.1. The molecule has 0 spiro atoms. The molecule has 1 aliphatic heterocycles. The summed E-state index contributed by atoms with van der Waals surface area (Å²) in [5, 5.41) is 6.00. The zero-order chi connectivity index (χ0) is 17.5. The number of imidazole rings is 1. The van der Waals surface area contributed by atoms with Gasteiger partial charge in [0.05, 0.1) is 30.1 Å². The topological polar surface area (TPSA) is 66.0 Å². The van der Waals surface area contributed by atoms with E-state index in [0.29, 0.717) is 30.6 Å². The molecule has 3 aromatic heterocycles. The molecule has 26 heavy (non-hydrogen) atoms. The van der Waals surface area contributed by atoms with Gasteiger partial charge < -0.3 is 13.8 Å². The van der Waals surface area contributed by atoms with E-state index in [1.807, 2.05) is 22.1 Å². The van der Waals surface area contributed by atoms with Gasteiger partial charge in [-0.2, -0.15) is 4.98 Å². The summed E-state index contributed by atoms with van der Waals surface area (Å²) in [4.78, 5) is 9.83. The number of halogens is 1. The number of nitrogens with zero attached hydrogens (tertiary/aromatic N) is 4. The van der Waals surface area contributed by atoms with Gasteiger partial charge in [-0.1, -0.05) is 23.4 Å². The molecule has 0 fully saturated rings. The summed E-state index contributed by atoms with van der Waals surface area (Å²) in [6.07, 6.45) is 1.60. The first-order valence-electron chi connectivity index (χ1n) is 8.07. The number of benzene rings is 1. The van der Waals surface area contributed by atoms with E-state index in [1.54, 1.807) is 29.8 Å². The molecule has 4 aromatic rings. The highest BCUT2D eigenvalue weighted by Gasteiger charge is 2.26. The second-order valence-corrected chi connectivity index (χ2v) is 6.89. The molecule has 0 unspecified atom stereocenters. The summed E-state index contributed by atoms with van der Waals surface area (Å²) in [6.45, 7) is 0.966. The van der Waals surface area contributed by atoms with Crippen LogP contribution in [0.25, 0.3) is 22.3 Å². The van der Waals surface area contributed by atoms with Crippen LogP contribution in [0, 0.1) is 5.82 Å². The van der Waals surface area contributed by atoms with Crippen LogP contribution < -0.4 is 0 Å². The van der Waals surface area contributed by atoms with Crippen LogP contribution in [-0.2, 0) is 17.9 Å². The smallest absolute Gasteiger partial charge is 0.278 e. The van der Waals surface area contributed by atoms with Crippen LogP contribution in [0.3, 0.4) is 0 Å². The van der Waals surface area contributed by atoms with E-state index in [-0.39, 0.29) is 11.9 Å². The van der Waals surface area contributed by atoms with E-state index >= 15 is 0 Å². The van der Waals surface area contributed by atoms with Crippen molar-refractivity contribution in [3.05, 3.63) is 65.2 Å². The minimum atomic E-state index is -0.256. The fourth-order valence-electron chi connectivity index (χ4n) is 3.01. The van der Waals surface area contributed by atoms with Crippen molar-refractivity contribution in [1.82, 2.24) is 19.7 Å². The molecule has 0 amide bonds. The Balaban J connectivity index is 1.42. The molecular weight excluding hydrogens is 355 g/mol. The largest absolute Gasteiger partial charge is 0.365 e. The van der Waals surface area contributed by atoms with E-state index < -0.39 is 0 Å². The average molecular weight is 368 g/mol. The van der Waals surface area contributed by atoms with Crippen molar-refractivity contribution >= 4 is 11.3 Å². The summed E-state index contributed by atoms with van der Waals surface area (Å²) in [7, 11) is 0. The summed E-state index contributed by atoms with van der Waals surface area (Å²) in [5.74, 6) is 0.678. The van der Waals surface area contributed by atoms with Crippen molar-refractivity contribution in [3.8, 4) is 22.3 Å². The number of aromatic nitrogens is 4. The highest BCUT2D eigenvalue weighted by Crippen LogP contribution is 2.32. The van der Waals surface area contributed by atoms with Crippen molar-refractivity contribution in [2.45, 2.75) is 19.3 Å². The van der Waals surface area contributed by atoms with E-state index in [1.165, 1.54) is 12.1 Å². The Morgan fingerprint density at radius 3 is 2.88 bits per heavy atom. The van der Waals surface area contributed by atoms with Crippen LogP contribution in [0.4, 0.5) is 4.39 Å². The van der Waals surface area contributed by atoms with Crippen molar-refractivity contribution in [1.29, 1.82) is 0 Å². The Kier molecular flexibility index (Phi) is 3.65. The van der Waals surface area contributed by atoms with Crippen LogP contribution in [0.15, 0.2) is 52.6 Å². The molecule has 0 bridgehead atoms. The SMILES string of the molecule is Fc1ccc([C@@H]2Cn3cnc(-c4nc(-c5cccs5)no4)c3CO2)cc1. The molecular formula is C18H13FN4O2S. The minimum absolute atomic E-state index is 0.144. The van der Waals surface area contributed by atoms with Gasteiger partial charge in [0, 0.05) is 0 Å². The molecule has 0 N–H and O–H groups in total. The van der Waals surface area contributed by atoms with E-state index in [9.17, 15) is 4.39 Å². The number of thiophene rings is 1. The van der Waals surface area contributed by atoms with Gasteiger partial charge in [-0.05, 0) is 29.1 Å². The van der Waals surface area contributed by atoms with Crippen LogP contribution >= 0.6 is 11.3 Å². The Morgan fingerprint density at radius 1 is 1.19 bits per heavy atom. The van der Waals surface area contributed by atoms with Crippen LogP contribution in [0.1, 0.15) is 17.4 Å². The third-order valence-corrected chi connectivity index (χ3v) is 5.21. The van der Waals surface area contributed by atoms with E-state index in [0.717, 1.165) is 16.1 Å². The van der Waals surface area contributed by atoms with Gasteiger partial charge in [0.1, 0.15) is 11.9 Å².